The highest BCUT2D eigenvalue weighted by atomic mass is 32.1. The topological polar surface area (TPSA) is 44.4 Å². The molecule has 2 aromatic rings. The summed E-state index contributed by atoms with van der Waals surface area (Å²) in [4.78, 5) is 14.7. The Bertz CT molecular complexity index is 839. The van der Waals surface area contributed by atoms with Gasteiger partial charge in [0, 0.05) is 17.3 Å². The monoisotopic (exact) mass is 383 g/mol. The van der Waals surface area contributed by atoms with Gasteiger partial charge in [-0.05, 0) is 55.8 Å². The van der Waals surface area contributed by atoms with Gasteiger partial charge >= 0.3 is 6.03 Å². The smallest absolute Gasteiger partial charge is 0.315 e. The predicted molar refractivity (Wildman–Crippen MR) is 115 cm³/mol. The second-order valence-corrected chi connectivity index (χ2v) is 8.33. The molecule has 1 heterocycles. The lowest BCUT2D eigenvalue weighted by Crippen LogP contribution is -2.53. The molecular weight excluding hydrogens is 354 g/mol. The number of hydrogen-bond acceptors (Lipinski definition) is 3. The molecule has 1 aromatic carbocycles. The van der Waals surface area contributed by atoms with Crippen molar-refractivity contribution in [2.75, 3.05) is 20.6 Å². The van der Waals surface area contributed by atoms with Gasteiger partial charge in [0.1, 0.15) is 0 Å². The van der Waals surface area contributed by atoms with Gasteiger partial charge in [-0.15, -0.1) is 11.3 Å². The lowest BCUT2D eigenvalue weighted by atomic mass is 9.89. The molecule has 2 atom stereocenters. The second kappa shape index (κ2) is 8.72. The summed E-state index contributed by atoms with van der Waals surface area (Å²) in [7, 11) is 4.14. The molecule has 1 unspecified atom stereocenters. The number of hydrogen-bond donors (Lipinski definition) is 2. The Balaban J connectivity index is 1.60. The van der Waals surface area contributed by atoms with E-state index in [1.807, 2.05) is 12.2 Å². The highest BCUT2D eigenvalue weighted by Crippen LogP contribution is 2.27. The first-order valence-corrected chi connectivity index (χ1v) is 10.4. The zero-order valence-electron chi connectivity index (χ0n) is 16.4. The fraction of sp³-hybridized carbons (Fsp3) is 0.409. The summed E-state index contributed by atoms with van der Waals surface area (Å²) in [6.45, 7) is 2.72. The van der Waals surface area contributed by atoms with Crippen LogP contribution in [0.5, 0.6) is 0 Å². The minimum Gasteiger partial charge on any atom is -0.337 e. The van der Waals surface area contributed by atoms with E-state index in [4.69, 9.17) is 0 Å². The minimum atomic E-state index is -0.268. The Morgan fingerprint density at radius 1 is 1.30 bits per heavy atom. The van der Waals surface area contributed by atoms with Crippen LogP contribution in [0.25, 0.3) is 10.1 Å². The standard InChI is InChI=1S/C22H29N3OS/c1-4-22(12-8-5-9-13-22)24-21(26)23-15-18(25(2)3)14-17-16-27-20-11-7-6-10-19(17)20/h5-12,16,18H,4,13-15H2,1-3H3,(H2,23,24,26)/t18?,22-/m1/s1. The number of thiophene rings is 1. The number of carbonyl (C=O) groups excluding carboxylic acids is 1. The SMILES string of the molecule is CC[C@@]1(NC(=O)NCC(Cc2csc3ccccc23)N(C)C)C=CC=CC1. The quantitative estimate of drug-likeness (QED) is 0.747. The highest BCUT2D eigenvalue weighted by Gasteiger charge is 2.27. The van der Waals surface area contributed by atoms with Crippen LogP contribution in [0.15, 0.2) is 53.9 Å². The molecule has 0 fully saturated rings. The van der Waals surface area contributed by atoms with Gasteiger partial charge in [-0.2, -0.15) is 0 Å². The maximum Gasteiger partial charge on any atom is 0.315 e. The van der Waals surface area contributed by atoms with E-state index in [-0.39, 0.29) is 17.6 Å². The fourth-order valence-electron chi connectivity index (χ4n) is 3.47. The molecule has 5 heteroatoms. The van der Waals surface area contributed by atoms with Gasteiger partial charge < -0.3 is 15.5 Å². The van der Waals surface area contributed by atoms with E-state index in [1.54, 1.807) is 11.3 Å². The molecule has 0 spiro atoms. The number of likely N-dealkylation sites (N-methyl/N-ethyl adjacent to an activating group) is 1. The molecule has 0 bridgehead atoms. The lowest BCUT2D eigenvalue weighted by Gasteiger charge is -2.32. The summed E-state index contributed by atoms with van der Waals surface area (Å²) >= 11 is 1.79. The van der Waals surface area contributed by atoms with E-state index >= 15 is 0 Å². The Labute approximate surface area is 165 Å². The van der Waals surface area contributed by atoms with Crippen molar-refractivity contribution in [2.45, 2.75) is 37.8 Å². The number of benzene rings is 1. The van der Waals surface area contributed by atoms with Crippen molar-refractivity contribution >= 4 is 27.5 Å². The molecule has 4 nitrogen and oxygen atoms in total. The van der Waals surface area contributed by atoms with E-state index in [9.17, 15) is 4.79 Å². The molecule has 0 aliphatic heterocycles. The van der Waals surface area contributed by atoms with E-state index in [2.05, 4.69) is 78.4 Å². The zero-order valence-corrected chi connectivity index (χ0v) is 17.2. The number of carbonyl (C=O) groups is 1. The normalized spacial score (nSPS) is 20.1. The number of amides is 2. The van der Waals surface area contributed by atoms with Crippen LogP contribution >= 0.6 is 11.3 Å². The molecule has 2 amide bonds. The van der Waals surface area contributed by atoms with Crippen molar-refractivity contribution in [3.05, 3.63) is 59.5 Å². The third-order valence-electron chi connectivity index (χ3n) is 5.38. The Hall–Kier alpha value is -2.11. The number of allylic oxidation sites excluding steroid dienone is 2. The summed E-state index contributed by atoms with van der Waals surface area (Å²) in [5, 5.41) is 9.81. The first kappa shape index (κ1) is 19.6. The van der Waals surface area contributed by atoms with E-state index in [0.29, 0.717) is 6.54 Å². The van der Waals surface area contributed by atoms with Crippen molar-refractivity contribution < 1.29 is 4.79 Å². The molecular formula is C22H29N3OS. The average Bonchev–Trinajstić information content (AvgIpc) is 3.08. The summed E-state index contributed by atoms with van der Waals surface area (Å²) in [6.07, 6.45) is 10.9. The van der Waals surface area contributed by atoms with Crippen LogP contribution in [-0.2, 0) is 6.42 Å². The molecule has 144 valence electrons. The lowest BCUT2D eigenvalue weighted by molar-refractivity contribution is 0.222. The number of nitrogens with one attached hydrogen (secondary N) is 2. The minimum absolute atomic E-state index is 0.0983. The number of fused-ring (bicyclic) bond motifs is 1. The van der Waals surface area contributed by atoms with Crippen LogP contribution in [0.4, 0.5) is 4.79 Å². The van der Waals surface area contributed by atoms with Gasteiger partial charge in [-0.25, -0.2) is 4.79 Å². The molecule has 0 saturated heterocycles. The molecule has 0 radical (unpaired) electrons. The Kier molecular flexibility index (Phi) is 6.34. The van der Waals surface area contributed by atoms with Crippen LogP contribution in [0.3, 0.4) is 0 Å². The summed E-state index contributed by atoms with van der Waals surface area (Å²) < 4.78 is 1.32. The molecule has 2 N–H and O–H groups in total. The maximum absolute atomic E-state index is 12.5. The third kappa shape index (κ3) is 4.79. The number of nitrogens with zero attached hydrogens (tertiary/aromatic N) is 1. The van der Waals surface area contributed by atoms with Crippen molar-refractivity contribution in [3.63, 3.8) is 0 Å². The summed E-state index contributed by atoms with van der Waals surface area (Å²) in [5.74, 6) is 0. The van der Waals surface area contributed by atoms with Crippen molar-refractivity contribution in [2.24, 2.45) is 0 Å². The molecule has 1 aliphatic rings. The van der Waals surface area contributed by atoms with Gasteiger partial charge in [0.15, 0.2) is 0 Å². The van der Waals surface area contributed by atoms with Gasteiger partial charge in [0.25, 0.3) is 0 Å². The van der Waals surface area contributed by atoms with Gasteiger partial charge in [0.2, 0.25) is 0 Å². The predicted octanol–water partition coefficient (Wildman–Crippen LogP) is 4.34. The zero-order chi connectivity index (χ0) is 19.3. The molecule has 27 heavy (non-hydrogen) atoms. The van der Waals surface area contributed by atoms with Gasteiger partial charge in [-0.1, -0.05) is 49.4 Å². The van der Waals surface area contributed by atoms with E-state index in [1.165, 1.54) is 15.6 Å². The maximum atomic E-state index is 12.5. The van der Waals surface area contributed by atoms with Crippen molar-refractivity contribution in [3.8, 4) is 0 Å². The van der Waals surface area contributed by atoms with Gasteiger partial charge in [-0.3, -0.25) is 0 Å². The van der Waals surface area contributed by atoms with Gasteiger partial charge in [0.05, 0.1) is 5.54 Å². The average molecular weight is 384 g/mol. The number of rotatable bonds is 7. The first-order valence-electron chi connectivity index (χ1n) is 9.55. The fourth-order valence-corrected chi connectivity index (χ4v) is 4.45. The van der Waals surface area contributed by atoms with Crippen molar-refractivity contribution in [1.29, 1.82) is 0 Å². The van der Waals surface area contributed by atoms with Crippen LogP contribution in [0.2, 0.25) is 0 Å². The van der Waals surface area contributed by atoms with E-state index in [0.717, 1.165) is 19.3 Å². The van der Waals surface area contributed by atoms with Crippen LogP contribution < -0.4 is 10.6 Å². The third-order valence-corrected chi connectivity index (χ3v) is 6.40. The summed E-state index contributed by atoms with van der Waals surface area (Å²) in [6, 6.07) is 8.66. The van der Waals surface area contributed by atoms with Crippen LogP contribution in [0.1, 0.15) is 25.3 Å². The highest BCUT2D eigenvalue weighted by molar-refractivity contribution is 7.17. The van der Waals surface area contributed by atoms with Crippen molar-refractivity contribution in [1.82, 2.24) is 15.5 Å². The molecule has 3 rings (SSSR count). The molecule has 1 aliphatic carbocycles. The summed E-state index contributed by atoms with van der Waals surface area (Å²) in [5.41, 5.74) is 1.08. The number of urea groups is 1. The largest absolute Gasteiger partial charge is 0.337 e. The molecule has 1 aromatic heterocycles. The Morgan fingerprint density at radius 3 is 2.81 bits per heavy atom. The molecule has 0 saturated carbocycles. The Morgan fingerprint density at radius 2 is 2.11 bits per heavy atom. The first-order chi connectivity index (χ1) is 13.0. The second-order valence-electron chi connectivity index (χ2n) is 7.41. The van der Waals surface area contributed by atoms with E-state index < -0.39 is 0 Å². The van der Waals surface area contributed by atoms with Crippen LogP contribution in [0, 0.1) is 0 Å². The van der Waals surface area contributed by atoms with Crippen LogP contribution in [-0.4, -0.2) is 43.2 Å².